The number of benzene rings is 2. The van der Waals surface area contributed by atoms with E-state index in [1.165, 1.54) is 12.1 Å². The molecule has 106 valence electrons. The zero-order chi connectivity index (χ0) is 15.0. The molecule has 0 fully saturated rings. The Labute approximate surface area is 129 Å². The van der Waals surface area contributed by atoms with Crippen LogP contribution in [0.3, 0.4) is 0 Å². The second-order valence-corrected chi connectivity index (χ2v) is 5.16. The van der Waals surface area contributed by atoms with E-state index >= 15 is 0 Å². The summed E-state index contributed by atoms with van der Waals surface area (Å²) in [7, 11) is 0. The Morgan fingerprint density at radius 2 is 1.86 bits per heavy atom. The Kier molecular flexibility index (Phi) is 3.45. The van der Waals surface area contributed by atoms with Gasteiger partial charge in [-0.25, -0.2) is 4.79 Å². The smallest absolute Gasteiger partial charge is 0.335 e. The lowest BCUT2D eigenvalue weighted by atomic mass is 10.2. The molecule has 2 aromatic carbocycles. The van der Waals surface area contributed by atoms with Crippen LogP contribution < -0.4 is 5.32 Å². The molecule has 3 rings (SSSR count). The molecule has 2 N–H and O–H groups in total. The summed E-state index contributed by atoms with van der Waals surface area (Å²) >= 11 is 11.8. The first kappa shape index (κ1) is 13.7. The first-order valence-corrected chi connectivity index (χ1v) is 6.64. The maximum Gasteiger partial charge on any atom is 0.335 e. The Morgan fingerprint density at radius 3 is 2.52 bits per heavy atom. The number of aromatic nitrogens is 1. The maximum absolute atomic E-state index is 10.9. The molecule has 0 aliphatic carbocycles. The molecule has 5 nitrogen and oxygen atoms in total. The molecule has 0 saturated carbocycles. The monoisotopic (exact) mass is 322 g/mol. The van der Waals surface area contributed by atoms with Gasteiger partial charge in [0.05, 0.1) is 5.56 Å². The van der Waals surface area contributed by atoms with Gasteiger partial charge in [0.1, 0.15) is 5.52 Å². The van der Waals surface area contributed by atoms with Crippen LogP contribution in [0.1, 0.15) is 10.4 Å². The second-order valence-electron chi connectivity index (χ2n) is 4.29. The number of carbonyl (C=O) groups is 1. The van der Waals surface area contributed by atoms with Crippen molar-refractivity contribution >= 4 is 52.0 Å². The summed E-state index contributed by atoms with van der Waals surface area (Å²) in [5, 5.41) is 12.8. The number of halogens is 2. The van der Waals surface area contributed by atoms with Gasteiger partial charge in [-0.1, -0.05) is 23.2 Å². The third kappa shape index (κ3) is 2.94. The molecule has 0 bridgehead atoms. The molecule has 1 heterocycles. The summed E-state index contributed by atoms with van der Waals surface area (Å²) in [4.78, 5) is 15.1. The van der Waals surface area contributed by atoms with Crippen molar-refractivity contribution in [3.05, 3.63) is 52.0 Å². The first-order valence-electron chi connectivity index (χ1n) is 5.88. The molecule has 0 aliphatic rings. The van der Waals surface area contributed by atoms with E-state index in [0.29, 0.717) is 26.8 Å². The van der Waals surface area contributed by atoms with E-state index in [2.05, 4.69) is 10.3 Å². The Morgan fingerprint density at radius 1 is 1.14 bits per heavy atom. The van der Waals surface area contributed by atoms with Crippen molar-refractivity contribution in [2.24, 2.45) is 0 Å². The highest BCUT2D eigenvalue weighted by molar-refractivity contribution is 6.35. The summed E-state index contributed by atoms with van der Waals surface area (Å²) in [6.45, 7) is 0. The quantitative estimate of drug-likeness (QED) is 0.738. The lowest BCUT2D eigenvalue weighted by Crippen LogP contribution is -1.94. The van der Waals surface area contributed by atoms with Crippen LogP contribution in [-0.2, 0) is 0 Å². The number of aromatic carboxylic acids is 1. The molecular formula is C14H8Cl2N2O3. The van der Waals surface area contributed by atoms with E-state index in [1.807, 2.05) is 0 Å². The largest absolute Gasteiger partial charge is 0.478 e. The normalized spacial score (nSPS) is 10.8. The molecule has 0 unspecified atom stereocenters. The van der Waals surface area contributed by atoms with Gasteiger partial charge in [-0.15, -0.1) is 0 Å². The van der Waals surface area contributed by atoms with Crippen molar-refractivity contribution in [3.8, 4) is 0 Å². The molecular weight excluding hydrogens is 315 g/mol. The SMILES string of the molecule is O=C(O)c1ccc2nc(Nc3cc(Cl)cc(Cl)c3)oc2c1. The predicted octanol–water partition coefficient (Wildman–Crippen LogP) is 4.58. The zero-order valence-electron chi connectivity index (χ0n) is 10.4. The van der Waals surface area contributed by atoms with Gasteiger partial charge >= 0.3 is 5.97 Å². The summed E-state index contributed by atoms with van der Waals surface area (Å²) in [6.07, 6.45) is 0. The van der Waals surface area contributed by atoms with Gasteiger partial charge in [0.25, 0.3) is 6.01 Å². The van der Waals surface area contributed by atoms with Crippen molar-refractivity contribution in [2.45, 2.75) is 0 Å². The van der Waals surface area contributed by atoms with Gasteiger partial charge in [-0.05, 0) is 36.4 Å². The molecule has 0 aliphatic heterocycles. The summed E-state index contributed by atoms with van der Waals surface area (Å²) in [5.74, 6) is -1.02. The summed E-state index contributed by atoms with van der Waals surface area (Å²) in [5.41, 5.74) is 1.69. The topological polar surface area (TPSA) is 75.4 Å². The van der Waals surface area contributed by atoms with Crippen LogP contribution in [0.25, 0.3) is 11.1 Å². The number of hydrogen-bond acceptors (Lipinski definition) is 4. The number of carboxylic acid groups (broad SMARTS) is 1. The van der Waals surface area contributed by atoms with E-state index < -0.39 is 5.97 Å². The van der Waals surface area contributed by atoms with Crippen LogP contribution in [-0.4, -0.2) is 16.1 Å². The van der Waals surface area contributed by atoms with Gasteiger partial charge in [0.2, 0.25) is 0 Å². The highest BCUT2D eigenvalue weighted by Crippen LogP contribution is 2.27. The van der Waals surface area contributed by atoms with Gasteiger partial charge in [0, 0.05) is 15.7 Å². The van der Waals surface area contributed by atoms with E-state index in [0.717, 1.165) is 0 Å². The van der Waals surface area contributed by atoms with Crippen LogP contribution in [0, 0.1) is 0 Å². The van der Waals surface area contributed by atoms with Crippen molar-refractivity contribution in [1.82, 2.24) is 4.98 Å². The Hall–Kier alpha value is -2.24. The summed E-state index contributed by atoms with van der Waals surface area (Å²) in [6, 6.07) is 9.65. The number of anilines is 2. The second kappa shape index (κ2) is 5.27. The number of carboxylic acids is 1. The first-order chi connectivity index (χ1) is 10.0. The fourth-order valence-electron chi connectivity index (χ4n) is 1.86. The van der Waals surface area contributed by atoms with Crippen LogP contribution in [0.2, 0.25) is 10.0 Å². The third-order valence-electron chi connectivity index (χ3n) is 2.75. The highest BCUT2D eigenvalue weighted by Gasteiger charge is 2.10. The van der Waals surface area contributed by atoms with E-state index in [9.17, 15) is 4.79 Å². The third-order valence-corrected chi connectivity index (χ3v) is 3.19. The van der Waals surface area contributed by atoms with Crippen molar-refractivity contribution in [3.63, 3.8) is 0 Å². The van der Waals surface area contributed by atoms with Gasteiger partial charge < -0.3 is 14.8 Å². The molecule has 3 aromatic rings. The van der Waals surface area contributed by atoms with E-state index in [1.54, 1.807) is 24.3 Å². The Balaban J connectivity index is 1.95. The fourth-order valence-corrected chi connectivity index (χ4v) is 2.39. The van der Waals surface area contributed by atoms with Gasteiger partial charge in [-0.3, -0.25) is 0 Å². The number of nitrogens with zero attached hydrogens (tertiary/aromatic N) is 1. The van der Waals surface area contributed by atoms with Crippen molar-refractivity contribution < 1.29 is 14.3 Å². The molecule has 0 amide bonds. The molecule has 0 saturated heterocycles. The van der Waals surface area contributed by atoms with Crippen molar-refractivity contribution in [1.29, 1.82) is 0 Å². The number of oxazole rings is 1. The minimum absolute atomic E-state index is 0.135. The lowest BCUT2D eigenvalue weighted by molar-refractivity contribution is 0.0697. The number of fused-ring (bicyclic) bond motifs is 1. The highest BCUT2D eigenvalue weighted by atomic mass is 35.5. The minimum atomic E-state index is -1.02. The number of hydrogen-bond donors (Lipinski definition) is 2. The molecule has 0 spiro atoms. The van der Waals surface area contributed by atoms with Crippen LogP contribution in [0.4, 0.5) is 11.7 Å². The zero-order valence-corrected chi connectivity index (χ0v) is 11.9. The van der Waals surface area contributed by atoms with Gasteiger partial charge in [-0.2, -0.15) is 4.98 Å². The van der Waals surface area contributed by atoms with Gasteiger partial charge in [0.15, 0.2) is 5.58 Å². The Bertz CT molecular complexity index is 825. The molecule has 0 radical (unpaired) electrons. The molecule has 7 heteroatoms. The predicted molar refractivity (Wildman–Crippen MR) is 80.7 cm³/mol. The maximum atomic E-state index is 10.9. The number of rotatable bonds is 3. The molecule has 1 aromatic heterocycles. The average Bonchev–Trinajstić information content (AvgIpc) is 2.78. The van der Waals surface area contributed by atoms with E-state index in [-0.39, 0.29) is 11.6 Å². The van der Waals surface area contributed by atoms with E-state index in [4.69, 9.17) is 32.7 Å². The minimum Gasteiger partial charge on any atom is -0.478 e. The molecule has 21 heavy (non-hydrogen) atoms. The van der Waals surface area contributed by atoms with Crippen molar-refractivity contribution in [2.75, 3.05) is 5.32 Å². The molecule has 0 atom stereocenters. The number of nitrogens with one attached hydrogen (secondary N) is 1. The fraction of sp³-hybridized carbons (Fsp3) is 0. The van der Waals surface area contributed by atoms with Crippen LogP contribution in [0.15, 0.2) is 40.8 Å². The average molecular weight is 323 g/mol. The summed E-state index contributed by atoms with van der Waals surface area (Å²) < 4.78 is 5.47. The van der Waals surface area contributed by atoms with Crippen LogP contribution >= 0.6 is 23.2 Å². The van der Waals surface area contributed by atoms with Crippen LogP contribution in [0.5, 0.6) is 0 Å². The standard InChI is InChI=1S/C14H8Cl2N2O3/c15-8-4-9(16)6-10(5-8)17-14-18-11-2-1-7(13(19)20)3-12(11)21-14/h1-6H,(H,17,18)(H,19,20). The lowest BCUT2D eigenvalue weighted by Gasteiger charge is -2.02.